The van der Waals surface area contributed by atoms with E-state index in [4.69, 9.17) is 14.3 Å². The molecule has 0 amide bonds. The first-order valence-corrected chi connectivity index (χ1v) is 9.22. The zero-order chi connectivity index (χ0) is 19.5. The minimum Gasteiger partial charge on any atom is -0.454 e. The van der Waals surface area contributed by atoms with Gasteiger partial charge in [-0.3, -0.25) is 10.1 Å². The van der Waals surface area contributed by atoms with Crippen molar-refractivity contribution in [1.29, 1.82) is 0 Å². The van der Waals surface area contributed by atoms with Crippen LogP contribution in [0.2, 0.25) is 0 Å². The van der Waals surface area contributed by atoms with E-state index in [1.54, 1.807) is 17.1 Å². The van der Waals surface area contributed by atoms with Crippen molar-refractivity contribution in [2.75, 3.05) is 6.79 Å². The van der Waals surface area contributed by atoms with Crippen LogP contribution in [0.5, 0.6) is 11.5 Å². The van der Waals surface area contributed by atoms with Crippen LogP contribution in [0.3, 0.4) is 0 Å². The molecular formula is C18H13BrN4O5. The summed E-state index contributed by atoms with van der Waals surface area (Å²) in [5.74, 6) is 1.27. The van der Waals surface area contributed by atoms with Crippen molar-refractivity contribution < 1.29 is 19.2 Å². The van der Waals surface area contributed by atoms with E-state index >= 15 is 0 Å². The molecule has 9 nitrogen and oxygen atoms in total. The van der Waals surface area contributed by atoms with Gasteiger partial charge in [0.25, 0.3) is 11.4 Å². The summed E-state index contributed by atoms with van der Waals surface area (Å²) < 4.78 is 11.5. The normalized spacial score (nSPS) is 21.9. The van der Waals surface area contributed by atoms with Gasteiger partial charge >= 0.3 is 0 Å². The third-order valence-electron chi connectivity index (χ3n) is 4.88. The van der Waals surface area contributed by atoms with Gasteiger partial charge in [-0.05, 0) is 52.7 Å². The summed E-state index contributed by atoms with van der Waals surface area (Å²) in [7, 11) is 0. The molecule has 28 heavy (non-hydrogen) atoms. The molecule has 3 heterocycles. The number of non-ortho nitro benzene ring substituents is 1. The van der Waals surface area contributed by atoms with Crippen LogP contribution in [0.25, 0.3) is 0 Å². The van der Waals surface area contributed by atoms with Gasteiger partial charge in [-0.15, -0.1) is 0 Å². The quantitative estimate of drug-likeness (QED) is 0.399. The summed E-state index contributed by atoms with van der Waals surface area (Å²) in [6.45, 7) is 2.07. The van der Waals surface area contributed by atoms with E-state index in [9.17, 15) is 10.1 Å². The lowest BCUT2D eigenvalue weighted by atomic mass is 9.88. The van der Waals surface area contributed by atoms with Crippen LogP contribution >= 0.6 is 15.9 Å². The van der Waals surface area contributed by atoms with Crippen LogP contribution in [0.1, 0.15) is 23.6 Å². The molecule has 5 rings (SSSR count). The lowest BCUT2D eigenvalue weighted by Crippen LogP contribution is -2.42. The summed E-state index contributed by atoms with van der Waals surface area (Å²) in [5.41, 5.74) is 2.00. The molecule has 0 N–H and O–H groups in total. The minimum atomic E-state index is -1.22. The fourth-order valence-corrected chi connectivity index (χ4v) is 4.05. The largest absolute Gasteiger partial charge is 0.454 e. The molecule has 1 atom stereocenters. The number of hydrogen-bond acceptors (Lipinski definition) is 8. The van der Waals surface area contributed by atoms with Gasteiger partial charge < -0.3 is 14.3 Å². The second-order valence-electron chi connectivity index (χ2n) is 6.59. The SMILES string of the molecule is CC1=NN2C(Br)=NOC2(c2ccc([N+](=O)[O-])cc2)c2cc3c(cc2C1)OCO3. The standard InChI is InChI=1S/C18H13BrN4O5/c1-10-6-11-7-15-16(27-9-26-15)8-14(11)18(22(20-10)17(19)21-28-18)12-2-4-13(5-3-12)23(24)25/h2-5,7-8H,6,9H2,1H3. The van der Waals surface area contributed by atoms with Crippen molar-refractivity contribution in [3.05, 3.63) is 63.2 Å². The fraction of sp³-hybridized carbons (Fsp3) is 0.222. The number of hydrogen-bond donors (Lipinski definition) is 0. The zero-order valence-electron chi connectivity index (χ0n) is 14.6. The van der Waals surface area contributed by atoms with Crippen LogP contribution < -0.4 is 9.47 Å². The third kappa shape index (κ3) is 2.30. The molecule has 10 heteroatoms. The minimum absolute atomic E-state index is 0.0103. The molecule has 0 fully saturated rings. The van der Waals surface area contributed by atoms with E-state index in [0.29, 0.717) is 28.2 Å². The summed E-state index contributed by atoms with van der Waals surface area (Å²) in [6, 6.07) is 9.95. The predicted molar refractivity (Wildman–Crippen MR) is 103 cm³/mol. The Bertz CT molecular complexity index is 1070. The van der Waals surface area contributed by atoms with Crippen molar-refractivity contribution in [2.45, 2.75) is 19.1 Å². The number of nitro benzene ring substituents is 1. The van der Waals surface area contributed by atoms with Crippen LogP contribution in [0, 0.1) is 10.1 Å². The topological polar surface area (TPSA) is 98.8 Å². The highest BCUT2D eigenvalue weighted by Crippen LogP contribution is 2.49. The van der Waals surface area contributed by atoms with Gasteiger partial charge in [0.05, 0.1) is 4.92 Å². The van der Waals surface area contributed by atoms with E-state index in [2.05, 4.69) is 26.2 Å². The molecule has 0 bridgehead atoms. The number of nitro groups is 1. The molecule has 0 spiro atoms. The fourth-order valence-electron chi connectivity index (χ4n) is 3.65. The molecule has 0 aromatic heterocycles. The van der Waals surface area contributed by atoms with Gasteiger partial charge in [0.15, 0.2) is 11.5 Å². The van der Waals surface area contributed by atoms with Gasteiger partial charge in [0.1, 0.15) is 0 Å². The van der Waals surface area contributed by atoms with Gasteiger partial charge in [0.2, 0.25) is 11.5 Å². The number of hydrazone groups is 1. The molecule has 2 aromatic rings. The predicted octanol–water partition coefficient (Wildman–Crippen LogP) is 3.45. The molecule has 0 aliphatic carbocycles. The Morgan fingerprint density at radius 2 is 1.93 bits per heavy atom. The van der Waals surface area contributed by atoms with Crippen LogP contribution in [0.4, 0.5) is 5.69 Å². The van der Waals surface area contributed by atoms with E-state index in [-0.39, 0.29) is 12.5 Å². The molecule has 3 aliphatic rings. The van der Waals surface area contributed by atoms with Crippen molar-refractivity contribution in [2.24, 2.45) is 10.3 Å². The first-order chi connectivity index (χ1) is 13.5. The highest BCUT2D eigenvalue weighted by molar-refractivity contribution is 9.18. The van der Waals surface area contributed by atoms with E-state index < -0.39 is 10.6 Å². The summed E-state index contributed by atoms with van der Waals surface area (Å²) in [5, 5.41) is 21.5. The number of nitrogens with zero attached hydrogens (tertiary/aromatic N) is 4. The Morgan fingerprint density at radius 3 is 2.64 bits per heavy atom. The molecular weight excluding hydrogens is 432 g/mol. The number of halogens is 1. The summed E-state index contributed by atoms with van der Waals surface area (Å²) in [4.78, 5) is 16.6. The Kier molecular flexibility index (Phi) is 3.60. The molecule has 142 valence electrons. The zero-order valence-corrected chi connectivity index (χ0v) is 16.2. The highest BCUT2D eigenvalue weighted by atomic mass is 79.9. The number of rotatable bonds is 2. The maximum Gasteiger partial charge on any atom is 0.282 e. The smallest absolute Gasteiger partial charge is 0.282 e. The van der Waals surface area contributed by atoms with Crippen LogP contribution in [-0.4, -0.2) is 27.2 Å². The molecule has 3 aliphatic heterocycles. The Balaban J connectivity index is 1.77. The Morgan fingerprint density at radius 1 is 1.21 bits per heavy atom. The number of oxime groups is 1. The van der Waals surface area contributed by atoms with Gasteiger partial charge in [0, 0.05) is 35.4 Å². The average Bonchev–Trinajstić information content (AvgIpc) is 3.23. The van der Waals surface area contributed by atoms with Gasteiger partial charge in [-0.1, -0.05) is 5.16 Å². The molecule has 2 aromatic carbocycles. The maximum absolute atomic E-state index is 11.1. The average molecular weight is 445 g/mol. The first-order valence-electron chi connectivity index (χ1n) is 8.43. The first kappa shape index (κ1) is 17.0. The van der Waals surface area contributed by atoms with Crippen molar-refractivity contribution >= 4 is 32.1 Å². The van der Waals surface area contributed by atoms with Crippen molar-refractivity contribution in [3.63, 3.8) is 0 Å². The highest BCUT2D eigenvalue weighted by Gasteiger charge is 2.52. The number of fused-ring (bicyclic) bond motifs is 4. The van der Waals surface area contributed by atoms with E-state index in [1.165, 1.54) is 12.1 Å². The number of amidine groups is 1. The molecule has 0 radical (unpaired) electrons. The van der Waals surface area contributed by atoms with Crippen molar-refractivity contribution in [3.8, 4) is 11.5 Å². The van der Waals surface area contributed by atoms with Crippen LogP contribution in [-0.2, 0) is 17.0 Å². The Hall–Kier alpha value is -3.14. The lowest BCUT2D eigenvalue weighted by molar-refractivity contribution is -0.384. The van der Waals surface area contributed by atoms with Gasteiger partial charge in [-0.2, -0.15) is 10.1 Å². The van der Waals surface area contributed by atoms with Gasteiger partial charge in [-0.25, -0.2) is 0 Å². The number of ether oxygens (including phenoxy) is 2. The second kappa shape index (κ2) is 5.93. The molecule has 1 unspecified atom stereocenters. The summed E-state index contributed by atoms with van der Waals surface area (Å²) >= 11 is 3.41. The Labute approximate surface area is 167 Å². The molecule has 0 saturated carbocycles. The molecule has 0 saturated heterocycles. The lowest BCUT2D eigenvalue weighted by Gasteiger charge is -2.33. The second-order valence-corrected chi connectivity index (χ2v) is 7.30. The maximum atomic E-state index is 11.1. The number of benzene rings is 2. The monoisotopic (exact) mass is 444 g/mol. The third-order valence-corrected chi connectivity index (χ3v) is 5.36. The van der Waals surface area contributed by atoms with Crippen molar-refractivity contribution in [1.82, 2.24) is 5.01 Å². The summed E-state index contributed by atoms with van der Waals surface area (Å²) in [6.07, 6.45) is 0.584. The van der Waals surface area contributed by atoms with E-state index in [1.807, 2.05) is 19.1 Å². The van der Waals surface area contributed by atoms with E-state index in [0.717, 1.165) is 16.8 Å². The van der Waals surface area contributed by atoms with Crippen LogP contribution in [0.15, 0.2) is 46.7 Å².